The lowest BCUT2D eigenvalue weighted by atomic mass is 10.1. The summed E-state index contributed by atoms with van der Waals surface area (Å²) in [6, 6.07) is 12.3. The molecule has 0 spiro atoms. The van der Waals surface area contributed by atoms with Gasteiger partial charge in [-0.2, -0.15) is 0 Å². The van der Waals surface area contributed by atoms with Gasteiger partial charge in [0.05, 0.1) is 24.9 Å². The van der Waals surface area contributed by atoms with Crippen LogP contribution in [0.25, 0.3) is 10.9 Å². The van der Waals surface area contributed by atoms with E-state index in [2.05, 4.69) is 45.3 Å². The largest absolute Gasteiger partial charge is 0.468 e. The van der Waals surface area contributed by atoms with Gasteiger partial charge in [-0.05, 0) is 72.3 Å². The summed E-state index contributed by atoms with van der Waals surface area (Å²) in [6.45, 7) is 5.28. The minimum absolute atomic E-state index is 0.0293. The Morgan fingerprint density at radius 2 is 2.06 bits per heavy atom. The average Bonchev–Trinajstić information content (AvgIpc) is 3.60. The summed E-state index contributed by atoms with van der Waals surface area (Å²) in [4.78, 5) is 18.4. The van der Waals surface area contributed by atoms with Crippen LogP contribution in [0.1, 0.15) is 80.2 Å². The lowest BCUT2D eigenvalue weighted by Crippen LogP contribution is -2.33. The second-order valence-electron chi connectivity index (χ2n) is 9.42. The molecule has 3 heterocycles. The molecule has 0 bridgehead atoms. The van der Waals surface area contributed by atoms with Crippen molar-refractivity contribution in [3.8, 4) is 0 Å². The summed E-state index contributed by atoms with van der Waals surface area (Å²) >= 11 is 0. The molecule has 1 saturated carbocycles. The summed E-state index contributed by atoms with van der Waals surface area (Å²) in [5.41, 5.74) is 2.68. The Balaban J connectivity index is 1.54. The van der Waals surface area contributed by atoms with Gasteiger partial charge < -0.3 is 9.40 Å². The third-order valence-electron chi connectivity index (χ3n) is 6.88. The number of furan rings is 1. The number of benzene rings is 1. The lowest BCUT2D eigenvalue weighted by Gasteiger charge is -2.31. The van der Waals surface area contributed by atoms with E-state index in [0.29, 0.717) is 19.1 Å². The summed E-state index contributed by atoms with van der Waals surface area (Å²) in [5.74, 6) is 1.74. The molecule has 0 aliphatic heterocycles. The molecule has 1 aromatic carbocycles. The minimum atomic E-state index is -0.0635. The number of H-pyrrole nitrogens is 1. The number of nitrogens with zero attached hydrogens (tertiary/aromatic N) is 5. The zero-order valence-corrected chi connectivity index (χ0v) is 19.9. The highest BCUT2D eigenvalue weighted by atomic mass is 16.3. The van der Waals surface area contributed by atoms with Crippen LogP contribution in [0, 0.1) is 6.92 Å². The number of tetrazole rings is 1. The van der Waals surface area contributed by atoms with Gasteiger partial charge in [-0.15, -0.1) is 5.10 Å². The topological polar surface area (TPSA) is 92.8 Å². The highest BCUT2D eigenvalue weighted by Gasteiger charge is 2.30. The van der Waals surface area contributed by atoms with E-state index >= 15 is 0 Å². The lowest BCUT2D eigenvalue weighted by molar-refractivity contribution is 0.142. The number of hydrogen-bond acceptors (Lipinski definition) is 6. The molecule has 0 radical (unpaired) electrons. The average molecular weight is 461 g/mol. The van der Waals surface area contributed by atoms with Crippen LogP contribution in [0.4, 0.5) is 0 Å². The molecule has 3 aromatic heterocycles. The first-order valence-electron chi connectivity index (χ1n) is 12.3. The van der Waals surface area contributed by atoms with Crippen LogP contribution in [0.2, 0.25) is 0 Å². The van der Waals surface area contributed by atoms with E-state index in [1.165, 1.54) is 12.8 Å². The highest BCUT2D eigenvalue weighted by Crippen LogP contribution is 2.34. The maximum absolute atomic E-state index is 13.0. The minimum Gasteiger partial charge on any atom is -0.468 e. The van der Waals surface area contributed by atoms with Gasteiger partial charge in [-0.3, -0.25) is 9.69 Å². The Hall–Kier alpha value is -3.26. The molecule has 5 rings (SSSR count). The van der Waals surface area contributed by atoms with Gasteiger partial charge in [-0.1, -0.05) is 37.8 Å². The van der Waals surface area contributed by atoms with Crippen molar-refractivity contribution in [2.45, 2.75) is 77.5 Å². The number of hydrogen-bond donors (Lipinski definition) is 1. The number of fused-ring (bicyclic) bond motifs is 1. The molecule has 1 fully saturated rings. The van der Waals surface area contributed by atoms with Crippen molar-refractivity contribution < 1.29 is 4.42 Å². The van der Waals surface area contributed by atoms with E-state index in [1.54, 1.807) is 6.26 Å². The summed E-state index contributed by atoms with van der Waals surface area (Å²) < 4.78 is 7.75. The van der Waals surface area contributed by atoms with Gasteiger partial charge in [-0.25, -0.2) is 4.68 Å². The Labute approximate surface area is 199 Å². The number of pyridine rings is 1. The standard InChI is InChI=1S/C26H32N6O2/c1-3-7-24(25-28-29-30-32(25)21-8-4-5-9-21)31(17-22-10-6-13-34-22)16-20-15-19-14-18(2)11-12-23(19)27-26(20)33/h6,10-15,21,24H,3-5,7-9,16-17H2,1-2H3,(H,27,33). The first-order chi connectivity index (χ1) is 16.6. The fraction of sp³-hybridized carbons (Fsp3) is 0.462. The van der Waals surface area contributed by atoms with Gasteiger partial charge in [0.25, 0.3) is 5.56 Å². The molecular formula is C26H32N6O2. The number of rotatable bonds is 9. The molecule has 1 unspecified atom stereocenters. The number of aromatic amines is 1. The van der Waals surface area contributed by atoms with Crippen molar-refractivity contribution in [1.82, 2.24) is 30.1 Å². The normalized spacial score (nSPS) is 15.5. The van der Waals surface area contributed by atoms with E-state index in [4.69, 9.17) is 4.42 Å². The molecule has 1 aliphatic carbocycles. The first kappa shape index (κ1) is 22.5. The first-order valence-corrected chi connectivity index (χ1v) is 12.3. The molecule has 8 nitrogen and oxygen atoms in total. The number of aryl methyl sites for hydroxylation is 1. The maximum atomic E-state index is 13.0. The third-order valence-corrected chi connectivity index (χ3v) is 6.88. The fourth-order valence-corrected chi connectivity index (χ4v) is 5.16. The van der Waals surface area contributed by atoms with Gasteiger partial charge in [0.15, 0.2) is 5.82 Å². The van der Waals surface area contributed by atoms with Crippen LogP contribution in [0.3, 0.4) is 0 Å². The number of aromatic nitrogens is 5. The van der Waals surface area contributed by atoms with Crippen molar-refractivity contribution in [1.29, 1.82) is 0 Å². The van der Waals surface area contributed by atoms with Crippen molar-refractivity contribution in [3.63, 3.8) is 0 Å². The van der Waals surface area contributed by atoms with Crippen LogP contribution in [0.15, 0.2) is 51.9 Å². The SMILES string of the molecule is CCCC(c1nnnn1C1CCCC1)N(Cc1ccco1)Cc1cc2cc(C)ccc2[nH]c1=O. The van der Waals surface area contributed by atoms with E-state index in [-0.39, 0.29) is 11.6 Å². The molecule has 8 heteroatoms. The molecule has 34 heavy (non-hydrogen) atoms. The van der Waals surface area contributed by atoms with Crippen molar-refractivity contribution in [2.75, 3.05) is 0 Å². The predicted octanol–water partition coefficient (Wildman–Crippen LogP) is 5.07. The fourth-order valence-electron chi connectivity index (χ4n) is 5.16. The van der Waals surface area contributed by atoms with Crippen LogP contribution in [-0.4, -0.2) is 30.1 Å². The predicted molar refractivity (Wildman–Crippen MR) is 130 cm³/mol. The van der Waals surface area contributed by atoms with Crippen LogP contribution in [-0.2, 0) is 13.1 Å². The zero-order chi connectivity index (χ0) is 23.5. The van der Waals surface area contributed by atoms with Gasteiger partial charge >= 0.3 is 0 Å². The van der Waals surface area contributed by atoms with Gasteiger partial charge in [0.1, 0.15) is 5.76 Å². The second kappa shape index (κ2) is 9.93. The van der Waals surface area contributed by atoms with E-state index in [9.17, 15) is 4.79 Å². The Morgan fingerprint density at radius 3 is 2.82 bits per heavy atom. The summed E-state index contributed by atoms with van der Waals surface area (Å²) in [7, 11) is 0. The molecular weight excluding hydrogens is 428 g/mol. The summed E-state index contributed by atoms with van der Waals surface area (Å²) in [5, 5.41) is 14.0. The molecule has 1 aliphatic rings. The molecule has 1 N–H and O–H groups in total. The molecule has 0 saturated heterocycles. The zero-order valence-electron chi connectivity index (χ0n) is 19.9. The monoisotopic (exact) mass is 460 g/mol. The smallest absolute Gasteiger partial charge is 0.252 e. The molecule has 178 valence electrons. The Morgan fingerprint density at radius 1 is 1.21 bits per heavy atom. The second-order valence-corrected chi connectivity index (χ2v) is 9.42. The van der Waals surface area contributed by atoms with Gasteiger partial charge in [0.2, 0.25) is 0 Å². The van der Waals surface area contributed by atoms with Crippen LogP contribution < -0.4 is 5.56 Å². The van der Waals surface area contributed by atoms with E-state index in [0.717, 1.165) is 59.3 Å². The van der Waals surface area contributed by atoms with Gasteiger partial charge in [0, 0.05) is 17.6 Å². The molecule has 4 aromatic rings. The van der Waals surface area contributed by atoms with Crippen LogP contribution in [0.5, 0.6) is 0 Å². The molecule has 0 amide bonds. The van der Waals surface area contributed by atoms with Crippen LogP contribution >= 0.6 is 0 Å². The third kappa shape index (κ3) is 4.68. The number of nitrogens with one attached hydrogen (secondary N) is 1. The quantitative estimate of drug-likeness (QED) is 0.375. The van der Waals surface area contributed by atoms with E-state index < -0.39 is 0 Å². The Kier molecular flexibility index (Phi) is 6.58. The highest BCUT2D eigenvalue weighted by molar-refractivity contribution is 5.79. The maximum Gasteiger partial charge on any atom is 0.252 e. The Bertz CT molecular complexity index is 1290. The molecule has 1 atom stereocenters. The van der Waals surface area contributed by atoms with Crippen molar-refractivity contribution in [2.24, 2.45) is 0 Å². The van der Waals surface area contributed by atoms with Crippen molar-refractivity contribution >= 4 is 10.9 Å². The summed E-state index contributed by atoms with van der Waals surface area (Å²) in [6.07, 6.45) is 8.20. The van der Waals surface area contributed by atoms with E-state index in [1.807, 2.05) is 35.0 Å². The van der Waals surface area contributed by atoms with Crippen molar-refractivity contribution in [3.05, 3.63) is 75.7 Å².